The lowest BCUT2D eigenvalue weighted by molar-refractivity contribution is -0.290. The van der Waals surface area contributed by atoms with E-state index >= 15 is 0 Å². The van der Waals surface area contributed by atoms with Crippen molar-refractivity contribution < 1.29 is 32.6 Å². The number of Topliss-reactive ketones (excluding diaryl/α,β-unsaturated/α-hetero) is 1. The number of amides is 2. The Bertz CT molecular complexity index is 887. The third kappa shape index (κ3) is 4.19. The monoisotopic (exact) mass is 408 g/mol. The Morgan fingerprint density at radius 2 is 1.76 bits per heavy atom. The molecule has 3 rings (SSSR count). The molecule has 1 fully saturated rings. The quantitative estimate of drug-likeness (QED) is 0.710. The summed E-state index contributed by atoms with van der Waals surface area (Å²) in [7, 11) is 0. The first-order valence-electron chi connectivity index (χ1n) is 8.77. The molecule has 29 heavy (non-hydrogen) atoms. The van der Waals surface area contributed by atoms with Gasteiger partial charge >= 0.3 is 12.2 Å². The molecule has 0 bridgehead atoms. The molecule has 2 amide bonds. The average molecular weight is 408 g/mol. The van der Waals surface area contributed by atoms with Gasteiger partial charge in [0.2, 0.25) is 5.72 Å². The van der Waals surface area contributed by atoms with Gasteiger partial charge in [0, 0.05) is 0 Å². The molecule has 3 N–H and O–H groups in total. The molecule has 1 aliphatic heterocycles. The molecular weight excluding hydrogens is 389 g/mol. The second kappa shape index (κ2) is 7.75. The molecule has 3 unspecified atom stereocenters. The molecule has 0 saturated carbocycles. The van der Waals surface area contributed by atoms with E-state index in [0.29, 0.717) is 12.4 Å². The van der Waals surface area contributed by atoms with Gasteiger partial charge < -0.3 is 20.5 Å². The van der Waals surface area contributed by atoms with Gasteiger partial charge in [0.05, 0.1) is 12.0 Å². The van der Waals surface area contributed by atoms with Gasteiger partial charge in [-0.1, -0.05) is 42.5 Å². The Kier molecular flexibility index (Phi) is 5.52. The molecule has 1 saturated heterocycles. The van der Waals surface area contributed by atoms with Crippen molar-refractivity contribution in [2.24, 2.45) is 5.92 Å². The summed E-state index contributed by atoms with van der Waals surface area (Å²) in [6.45, 7) is 1.24. The zero-order valence-corrected chi connectivity index (χ0v) is 15.4. The summed E-state index contributed by atoms with van der Waals surface area (Å²) in [6, 6.07) is 12.7. The van der Waals surface area contributed by atoms with Crippen molar-refractivity contribution in [3.05, 3.63) is 65.7 Å². The summed E-state index contributed by atoms with van der Waals surface area (Å²) in [4.78, 5) is 23.8. The molecule has 3 atom stereocenters. The number of ketones is 1. The first kappa shape index (κ1) is 20.7. The van der Waals surface area contributed by atoms with Crippen LogP contribution in [0.1, 0.15) is 24.1 Å². The van der Waals surface area contributed by atoms with Crippen molar-refractivity contribution in [1.29, 1.82) is 0 Å². The molecule has 1 aliphatic rings. The summed E-state index contributed by atoms with van der Waals surface area (Å²) in [5, 5.41) is 13.9. The Morgan fingerprint density at radius 3 is 2.31 bits per heavy atom. The van der Waals surface area contributed by atoms with Crippen LogP contribution in [0.2, 0.25) is 0 Å². The lowest BCUT2D eigenvalue weighted by atomic mass is 9.79. The van der Waals surface area contributed by atoms with E-state index in [2.05, 4.69) is 5.32 Å². The average Bonchev–Trinajstić information content (AvgIpc) is 2.66. The number of halogens is 3. The van der Waals surface area contributed by atoms with Crippen LogP contribution < -0.4 is 15.4 Å². The van der Waals surface area contributed by atoms with Gasteiger partial charge in [-0.2, -0.15) is 13.2 Å². The molecule has 0 radical (unpaired) electrons. The van der Waals surface area contributed by atoms with E-state index in [1.54, 1.807) is 0 Å². The van der Waals surface area contributed by atoms with Crippen molar-refractivity contribution in [2.45, 2.75) is 31.5 Å². The van der Waals surface area contributed by atoms with E-state index in [4.69, 9.17) is 4.74 Å². The van der Waals surface area contributed by atoms with Crippen molar-refractivity contribution >= 4 is 11.8 Å². The van der Waals surface area contributed by atoms with Crippen LogP contribution in [-0.2, 0) is 11.4 Å². The van der Waals surface area contributed by atoms with E-state index in [9.17, 15) is 27.9 Å². The number of ether oxygens (including phenoxy) is 1. The van der Waals surface area contributed by atoms with E-state index < -0.39 is 35.7 Å². The predicted molar refractivity (Wildman–Crippen MR) is 96.8 cm³/mol. The highest BCUT2D eigenvalue weighted by molar-refractivity contribution is 5.86. The maximum atomic E-state index is 13.5. The maximum Gasteiger partial charge on any atom is 0.437 e. The van der Waals surface area contributed by atoms with Gasteiger partial charge in [0.25, 0.3) is 0 Å². The fraction of sp³-hybridized carbons (Fsp3) is 0.300. The SMILES string of the molecule is CC(=O)C1C(c2ccc(OCc3ccccc3)cc2)NC(=O)NC1(O)C(F)(F)F. The Morgan fingerprint density at radius 1 is 1.14 bits per heavy atom. The van der Waals surface area contributed by atoms with E-state index in [0.717, 1.165) is 12.5 Å². The second-order valence-corrected chi connectivity index (χ2v) is 6.77. The minimum absolute atomic E-state index is 0.231. The lowest BCUT2D eigenvalue weighted by Crippen LogP contribution is -2.72. The van der Waals surface area contributed by atoms with Gasteiger partial charge in [-0.15, -0.1) is 0 Å². The number of carbonyl (C=O) groups is 2. The summed E-state index contributed by atoms with van der Waals surface area (Å²) in [6.07, 6.45) is -5.24. The predicted octanol–water partition coefficient (Wildman–Crippen LogP) is 3.08. The Hall–Kier alpha value is -3.07. The van der Waals surface area contributed by atoms with Crippen LogP contribution in [0.3, 0.4) is 0 Å². The van der Waals surface area contributed by atoms with Crippen molar-refractivity contribution in [2.75, 3.05) is 0 Å². The van der Waals surface area contributed by atoms with E-state index in [1.165, 1.54) is 29.6 Å². The van der Waals surface area contributed by atoms with Crippen molar-refractivity contribution in [1.82, 2.24) is 10.6 Å². The molecule has 6 nitrogen and oxygen atoms in total. The summed E-state index contributed by atoms with van der Waals surface area (Å²) >= 11 is 0. The number of nitrogens with one attached hydrogen (secondary N) is 2. The number of carbonyl (C=O) groups excluding carboxylic acids is 2. The molecule has 2 aromatic carbocycles. The van der Waals surface area contributed by atoms with Crippen LogP contribution >= 0.6 is 0 Å². The van der Waals surface area contributed by atoms with Crippen LogP contribution in [0.15, 0.2) is 54.6 Å². The molecule has 0 aliphatic carbocycles. The molecule has 0 spiro atoms. The van der Waals surface area contributed by atoms with Crippen molar-refractivity contribution in [3.63, 3.8) is 0 Å². The fourth-order valence-electron chi connectivity index (χ4n) is 3.32. The number of urea groups is 1. The molecule has 1 heterocycles. The van der Waals surface area contributed by atoms with Gasteiger partial charge in [-0.25, -0.2) is 4.79 Å². The number of hydrogen-bond acceptors (Lipinski definition) is 4. The fourth-order valence-corrected chi connectivity index (χ4v) is 3.32. The van der Waals surface area contributed by atoms with E-state index in [-0.39, 0.29) is 5.56 Å². The molecule has 0 aromatic heterocycles. The van der Waals surface area contributed by atoms with Crippen LogP contribution in [-0.4, -0.2) is 28.8 Å². The summed E-state index contributed by atoms with van der Waals surface area (Å²) in [5.41, 5.74) is -2.50. The van der Waals surface area contributed by atoms with Crippen molar-refractivity contribution in [3.8, 4) is 5.75 Å². The molecular formula is C20H19F3N2O4. The summed E-state index contributed by atoms with van der Waals surface area (Å²) in [5.74, 6) is -2.42. The maximum absolute atomic E-state index is 13.5. The number of benzene rings is 2. The molecule has 9 heteroatoms. The van der Waals surface area contributed by atoms with Gasteiger partial charge in [-0.3, -0.25) is 4.79 Å². The lowest BCUT2D eigenvalue weighted by Gasteiger charge is -2.44. The first-order chi connectivity index (χ1) is 13.6. The van der Waals surface area contributed by atoms with Gasteiger partial charge in [0.15, 0.2) is 0 Å². The number of aliphatic hydroxyl groups is 1. The minimum atomic E-state index is -5.24. The molecule has 154 valence electrons. The highest BCUT2D eigenvalue weighted by atomic mass is 19.4. The second-order valence-electron chi connectivity index (χ2n) is 6.77. The zero-order chi connectivity index (χ0) is 21.2. The Balaban J connectivity index is 1.84. The topological polar surface area (TPSA) is 87.7 Å². The van der Waals surface area contributed by atoms with Crippen LogP contribution in [0.25, 0.3) is 0 Å². The van der Waals surface area contributed by atoms with E-state index in [1.807, 2.05) is 30.3 Å². The first-order valence-corrected chi connectivity index (χ1v) is 8.77. The highest BCUT2D eigenvalue weighted by Gasteiger charge is 2.65. The van der Waals surface area contributed by atoms with Gasteiger partial charge in [-0.05, 0) is 30.2 Å². The number of hydrogen-bond donors (Lipinski definition) is 3. The highest BCUT2D eigenvalue weighted by Crippen LogP contribution is 2.43. The smallest absolute Gasteiger partial charge is 0.437 e. The normalized spacial score (nSPS) is 24.4. The largest absolute Gasteiger partial charge is 0.489 e. The summed E-state index contributed by atoms with van der Waals surface area (Å²) < 4.78 is 46.0. The van der Waals surface area contributed by atoms with Gasteiger partial charge in [0.1, 0.15) is 18.1 Å². The van der Waals surface area contributed by atoms with Crippen LogP contribution in [0.5, 0.6) is 5.75 Å². The minimum Gasteiger partial charge on any atom is -0.489 e. The number of alkyl halides is 3. The standard InChI is InChI=1S/C20H19F3N2O4/c1-12(26)16-17(24-18(27)25-19(16,28)20(21,22)23)14-7-9-15(10-8-14)29-11-13-5-3-2-4-6-13/h2-10,16-17,28H,11H2,1H3,(H2,24,25,27). The van der Waals surface area contributed by atoms with Crippen LogP contribution in [0.4, 0.5) is 18.0 Å². The number of rotatable bonds is 5. The third-order valence-corrected chi connectivity index (χ3v) is 4.73. The van der Waals surface area contributed by atoms with Crippen LogP contribution in [0, 0.1) is 5.92 Å². The molecule has 2 aromatic rings. The third-order valence-electron chi connectivity index (χ3n) is 4.73. The zero-order valence-electron chi connectivity index (χ0n) is 15.4. The Labute approximate surface area is 164 Å².